The molecule has 42 heavy (non-hydrogen) atoms. The largest absolute Gasteiger partial charge is 0.444 e. The van der Waals surface area contributed by atoms with Crippen LogP contribution >= 0.6 is 11.6 Å². The number of benzene rings is 1. The molecule has 2 rings (SSSR count). The fraction of sp³-hybridized carbons (Fsp3) is 0.481. The zero-order valence-corrected chi connectivity index (χ0v) is 26.4. The SMILES string of the molecule is CC(C)(C)OC(=O)Nc1cnc(S(C)(=O)=O)cc1C#CC[C@](O)(CC(C)(C)c1ccc(Cl)cc1S(C)(=O)=O)C(F)(F)F. The number of aliphatic hydroxyl groups is 1. The first-order valence-corrected chi connectivity index (χ1v) is 16.4. The lowest BCUT2D eigenvalue weighted by Crippen LogP contribution is -2.49. The molecule has 0 aliphatic heterocycles. The van der Waals surface area contributed by atoms with Gasteiger partial charge in [-0.05, 0) is 56.4 Å². The monoisotopic (exact) mass is 652 g/mol. The number of amides is 1. The minimum absolute atomic E-state index is 0.0146. The number of carbonyl (C=O) groups is 1. The fourth-order valence-corrected chi connectivity index (χ4v) is 5.89. The van der Waals surface area contributed by atoms with Gasteiger partial charge in [-0.3, -0.25) is 5.32 Å². The Morgan fingerprint density at radius 1 is 1.05 bits per heavy atom. The van der Waals surface area contributed by atoms with Gasteiger partial charge in [0.25, 0.3) is 0 Å². The molecule has 0 bridgehead atoms. The number of sulfone groups is 2. The number of alkyl halides is 3. The molecule has 0 saturated carbocycles. The number of pyridine rings is 1. The van der Waals surface area contributed by atoms with Gasteiger partial charge in [0.15, 0.2) is 30.3 Å². The van der Waals surface area contributed by atoms with Crippen molar-refractivity contribution in [3.8, 4) is 11.8 Å². The Balaban J connectivity index is 2.56. The Bertz CT molecular complexity index is 1640. The first kappa shape index (κ1) is 35.3. The van der Waals surface area contributed by atoms with Crippen LogP contribution in [0.5, 0.6) is 0 Å². The van der Waals surface area contributed by atoms with E-state index in [0.717, 1.165) is 30.8 Å². The van der Waals surface area contributed by atoms with Gasteiger partial charge >= 0.3 is 12.3 Å². The average Bonchev–Trinajstić information content (AvgIpc) is 2.76. The number of nitrogens with zero attached hydrogens (tertiary/aromatic N) is 1. The summed E-state index contributed by atoms with van der Waals surface area (Å²) in [5, 5.41) is 12.8. The zero-order valence-electron chi connectivity index (χ0n) is 24.0. The van der Waals surface area contributed by atoms with Crippen molar-refractivity contribution in [3.05, 3.63) is 46.6 Å². The van der Waals surface area contributed by atoms with Crippen LogP contribution in [0.1, 0.15) is 58.6 Å². The van der Waals surface area contributed by atoms with Crippen LogP contribution in [-0.2, 0) is 29.8 Å². The predicted octanol–water partition coefficient (Wildman–Crippen LogP) is 5.29. The highest BCUT2D eigenvalue weighted by atomic mass is 35.5. The molecule has 1 aromatic heterocycles. The summed E-state index contributed by atoms with van der Waals surface area (Å²) in [6, 6.07) is 4.72. The van der Waals surface area contributed by atoms with Crippen molar-refractivity contribution in [2.75, 3.05) is 17.8 Å². The van der Waals surface area contributed by atoms with Crippen LogP contribution < -0.4 is 5.32 Å². The van der Waals surface area contributed by atoms with Crippen LogP contribution in [-0.4, -0.2) is 62.9 Å². The second-order valence-electron chi connectivity index (χ2n) is 11.4. The van der Waals surface area contributed by atoms with E-state index in [1.165, 1.54) is 26.0 Å². The minimum Gasteiger partial charge on any atom is -0.444 e. The smallest absolute Gasteiger partial charge is 0.418 e. The lowest BCUT2D eigenvalue weighted by molar-refractivity contribution is -0.264. The Morgan fingerprint density at radius 3 is 2.14 bits per heavy atom. The maximum absolute atomic E-state index is 14.3. The molecule has 0 aliphatic rings. The number of hydrogen-bond donors (Lipinski definition) is 2. The van der Waals surface area contributed by atoms with Gasteiger partial charge in [-0.15, -0.1) is 0 Å². The van der Waals surface area contributed by atoms with Gasteiger partial charge in [0.2, 0.25) is 0 Å². The molecule has 232 valence electrons. The van der Waals surface area contributed by atoms with Gasteiger partial charge in [-0.2, -0.15) is 13.2 Å². The molecule has 15 heteroatoms. The first-order valence-electron chi connectivity index (χ1n) is 12.2. The summed E-state index contributed by atoms with van der Waals surface area (Å²) in [7, 11) is -7.76. The van der Waals surface area contributed by atoms with Crippen molar-refractivity contribution in [2.24, 2.45) is 0 Å². The van der Waals surface area contributed by atoms with Gasteiger partial charge in [0.05, 0.1) is 22.3 Å². The van der Waals surface area contributed by atoms with Gasteiger partial charge in [-0.1, -0.05) is 43.4 Å². The molecule has 0 radical (unpaired) electrons. The van der Waals surface area contributed by atoms with Crippen molar-refractivity contribution in [2.45, 2.75) is 80.2 Å². The topological polar surface area (TPSA) is 140 Å². The van der Waals surface area contributed by atoms with E-state index >= 15 is 0 Å². The highest BCUT2D eigenvalue weighted by Crippen LogP contribution is 2.44. The lowest BCUT2D eigenvalue weighted by Gasteiger charge is -2.37. The van der Waals surface area contributed by atoms with Crippen molar-refractivity contribution < 1.29 is 44.6 Å². The van der Waals surface area contributed by atoms with Crippen LogP contribution in [0.4, 0.5) is 23.7 Å². The summed E-state index contributed by atoms with van der Waals surface area (Å²) >= 11 is 5.93. The number of ether oxygens (including phenoxy) is 1. The zero-order chi connectivity index (χ0) is 32.5. The van der Waals surface area contributed by atoms with E-state index in [4.69, 9.17) is 16.3 Å². The Hall–Kier alpha value is -2.86. The van der Waals surface area contributed by atoms with Crippen LogP contribution in [0.15, 0.2) is 40.4 Å². The third-order valence-corrected chi connectivity index (χ3v) is 8.19. The molecular weight excluding hydrogens is 621 g/mol. The molecule has 1 amide bonds. The normalized spacial score (nSPS) is 14.4. The summed E-state index contributed by atoms with van der Waals surface area (Å²) < 4.78 is 96.8. The van der Waals surface area contributed by atoms with Crippen molar-refractivity contribution in [3.63, 3.8) is 0 Å². The highest BCUT2D eigenvalue weighted by molar-refractivity contribution is 7.91. The third-order valence-electron chi connectivity index (χ3n) is 5.83. The molecular formula is C27H32ClF3N2O7S2. The molecule has 1 atom stereocenters. The van der Waals surface area contributed by atoms with Crippen LogP contribution in [0, 0.1) is 11.8 Å². The van der Waals surface area contributed by atoms with E-state index in [1.54, 1.807) is 20.8 Å². The fourth-order valence-electron chi connectivity index (χ4n) is 3.99. The summed E-state index contributed by atoms with van der Waals surface area (Å²) in [6.45, 7) is 7.49. The maximum atomic E-state index is 14.3. The molecule has 2 aromatic rings. The molecule has 0 fully saturated rings. The van der Waals surface area contributed by atoms with E-state index in [2.05, 4.69) is 22.1 Å². The van der Waals surface area contributed by atoms with Gasteiger partial charge < -0.3 is 9.84 Å². The molecule has 1 heterocycles. The van der Waals surface area contributed by atoms with E-state index in [1.807, 2.05) is 0 Å². The number of carbonyl (C=O) groups excluding carboxylic acids is 1. The standard InChI is InChI=1S/C27H32ClF3N2O7S2/c1-24(2,3)40-23(34)33-20-15-32-22(42(7,38)39)13-17(20)9-8-12-26(35,27(29,30)31)16-25(4,5)19-11-10-18(28)14-21(19)41(6,36)37/h10-11,13-15,35H,12,16H2,1-7H3,(H,33,34)/t26-/m0/s1. The number of halogens is 4. The molecule has 9 nitrogen and oxygen atoms in total. The number of anilines is 1. The van der Waals surface area contributed by atoms with Gasteiger partial charge in [0.1, 0.15) is 5.60 Å². The maximum Gasteiger partial charge on any atom is 0.418 e. The average molecular weight is 653 g/mol. The van der Waals surface area contributed by atoms with Crippen LogP contribution in [0.3, 0.4) is 0 Å². The summed E-state index contributed by atoms with van der Waals surface area (Å²) in [6.07, 6.45) is -5.60. The number of nitrogens with one attached hydrogen (secondary N) is 1. The van der Waals surface area contributed by atoms with Crippen LogP contribution in [0.2, 0.25) is 5.02 Å². The second kappa shape index (κ2) is 12.0. The number of hydrogen-bond acceptors (Lipinski definition) is 8. The molecule has 1 aromatic carbocycles. The molecule has 0 saturated heterocycles. The van der Waals surface area contributed by atoms with Crippen molar-refractivity contribution in [1.82, 2.24) is 4.98 Å². The van der Waals surface area contributed by atoms with Crippen molar-refractivity contribution >= 4 is 43.1 Å². The minimum atomic E-state index is -5.20. The molecule has 0 spiro atoms. The Labute approximate surface area is 248 Å². The number of rotatable bonds is 7. The predicted molar refractivity (Wildman–Crippen MR) is 152 cm³/mol. The summed E-state index contributed by atoms with van der Waals surface area (Å²) in [5.74, 6) is 4.64. The summed E-state index contributed by atoms with van der Waals surface area (Å²) in [4.78, 5) is 15.7. The Kier molecular flexibility index (Phi) is 10.1. The molecule has 0 unspecified atom stereocenters. The second-order valence-corrected chi connectivity index (χ2v) is 15.8. The Morgan fingerprint density at radius 2 is 1.64 bits per heavy atom. The quantitative estimate of drug-likeness (QED) is 0.385. The first-order chi connectivity index (χ1) is 18.8. The van der Waals surface area contributed by atoms with Crippen molar-refractivity contribution in [1.29, 1.82) is 0 Å². The van der Waals surface area contributed by atoms with Gasteiger partial charge in [-0.25, -0.2) is 26.6 Å². The third kappa shape index (κ3) is 9.32. The number of aromatic nitrogens is 1. The van der Waals surface area contributed by atoms with Gasteiger partial charge in [0, 0.05) is 24.0 Å². The highest BCUT2D eigenvalue weighted by Gasteiger charge is 2.55. The molecule has 0 aliphatic carbocycles. The van der Waals surface area contributed by atoms with E-state index < -0.39 is 66.4 Å². The van der Waals surface area contributed by atoms with Crippen LogP contribution in [0.25, 0.3) is 0 Å². The summed E-state index contributed by atoms with van der Waals surface area (Å²) in [5.41, 5.74) is -6.19. The molecule has 2 N–H and O–H groups in total. The lowest BCUT2D eigenvalue weighted by atomic mass is 9.74. The van der Waals surface area contributed by atoms with E-state index in [-0.39, 0.29) is 26.7 Å². The van der Waals surface area contributed by atoms with E-state index in [0.29, 0.717) is 0 Å². The van der Waals surface area contributed by atoms with E-state index in [9.17, 15) is 39.9 Å².